The lowest BCUT2D eigenvalue weighted by molar-refractivity contribution is -0.130. The lowest BCUT2D eigenvalue weighted by atomic mass is 10.0. The summed E-state index contributed by atoms with van der Waals surface area (Å²) in [7, 11) is 0. The van der Waals surface area contributed by atoms with Crippen molar-refractivity contribution in [3.8, 4) is 0 Å². The summed E-state index contributed by atoms with van der Waals surface area (Å²) < 4.78 is 5.69. The van der Waals surface area contributed by atoms with Gasteiger partial charge >= 0.3 is 0 Å². The Balaban J connectivity index is 1.75. The second-order valence-corrected chi connectivity index (χ2v) is 6.28. The molecule has 2 aromatic rings. The van der Waals surface area contributed by atoms with Crippen molar-refractivity contribution in [2.24, 2.45) is 0 Å². The molecule has 3 rings (SSSR count). The summed E-state index contributed by atoms with van der Waals surface area (Å²) >= 11 is 0. The molecule has 0 aliphatic carbocycles. The lowest BCUT2D eigenvalue weighted by Gasteiger charge is -2.31. The average molecular weight is 325 g/mol. The fourth-order valence-electron chi connectivity index (χ4n) is 3.15. The van der Waals surface area contributed by atoms with Crippen LogP contribution in [0.3, 0.4) is 0 Å². The molecule has 4 nitrogen and oxygen atoms in total. The zero-order chi connectivity index (χ0) is 16.9. The Kier molecular flexibility index (Phi) is 5.28. The van der Waals surface area contributed by atoms with Gasteiger partial charge in [-0.1, -0.05) is 43.0 Å². The highest BCUT2D eigenvalue weighted by Gasteiger charge is 2.24. The van der Waals surface area contributed by atoms with Gasteiger partial charge in [-0.25, -0.2) is 0 Å². The van der Waals surface area contributed by atoms with Gasteiger partial charge in [0.25, 0.3) is 0 Å². The third-order valence-corrected chi connectivity index (χ3v) is 4.44. The number of fused-ring (bicyclic) bond motifs is 1. The van der Waals surface area contributed by atoms with E-state index in [0.717, 1.165) is 10.9 Å². The van der Waals surface area contributed by atoms with Crippen molar-refractivity contribution in [2.75, 3.05) is 13.2 Å². The fraction of sp³-hybridized carbons (Fsp3) is 0.350. The second kappa shape index (κ2) is 7.60. The van der Waals surface area contributed by atoms with Crippen LogP contribution in [0.15, 0.2) is 55.1 Å². The standard InChI is InChI=1S/C20H23NO3/c1-2-20(23)21(14-19-12-18(22)9-10-24-19)13-15-7-8-16-5-3-4-6-17(16)11-15/h2-8,11,18-19,22H,1,9-10,12-14H2/t18-,19+/m1/s1. The first-order valence-corrected chi connectivity index (χ1v) is 8.34. The van der Waals surface area contributed by atoms with E-state index in [1.165, 1.54) is 11.5 Å². The van der Waals surface area contributed by atoms with Gasteiger partial charge in [-0.2, -0.15) is 0 Å². The predicted octanol–water partition coefficient (Wildman–Crippen LogP) is 2.89. The second-order valence-electron chi connectivity index (χ2n) is 6.28. The van der Waals surface area contributed by atoms with Crippen molar-refractivity contribution in [3.05, 3.63) is 60.7 Å². The molecule has 1 amide bonds. The Morgan fingerprint density at radius 1 is 1.29 bits per heavy atom. The Bertz CT molecular complexity index is 728. The molecule has 1 aliphatic heterocycles. The zero-order valence-corrected chi connectivity index (χ0v) is 13.7. The summed E-state index contributed by atoms with van der Waals surface area (Å²) in [5.74, 6) is -0.119. The summed E-state index contributed by atoms with van der Waals surface area (Å²) in [4.78, 5) is 14.0. The maximum absolute atomic E-state index is 12.2. The van der Waals surface area contributed by atoms with E-state index in [4.69, 9.17) is 4.74 Å². The normalized spacial score (nSPS) is 20.7. The highest BCUT2D eigenvalue weighted by atomic mass is 16.5. The number of carbonyl (C=O) groups excluding carboxylic acids is 1. The summed E-state index contributed by atoms with van der Waals surface area (Å²) in [6.45, 7) is 5.11. The van der Waals surface area contributed by atoms with Crippen molar-refractivity contribution in [3.63, 3.8) is 0 Å². The highest BCUT2D eigenvalue weighted by Crippen LogP contribution is 2.19. The molecular weight excluding hydrogens is 302 g/mol. The van der Waals surface area contributed by atoms with Gasteiger partial charge in [-0.3, -0.25) is 4.79 Å². The van der Waals surface area contributed by atoms with Gasteiger partial charge in [0.15, 0.2) is 0 Å². The van der Waals surface area contributed by atoms with Crippen LogP contribution in [0.5, 0.6) is 0 Å². The van der Waals surface area contributed by atoms with E-state index in [0.29, 0.717) is 32.5 Å². The van der Waals surface area contributed by atoms with E-state index in [1.54, 1.807) is 4.90 Å². The quantitative estimate of drug-likeness (QED) is 0.860. The van der Waals surface area contributed by atoms with E-state index in [2.05, 4.69) is 30.8 Å². The zero-order valence-electron chi connectivity index (χ0n) is 13.7. The maximum atomic E-state index is 12.2. The predicted molar refractivity (Wildman–Crippen MR) is 94.5 cm³/mol. The molecule has 126 valence electrons. The first kappa shape index (κ1) is 16.7. The number of aliphatic hydroxyl groups is 1. The number of nitrogens with zero attached hydrogens (tertiary/aromatic N) is 1. The number of amides is 1. The summed E-state index contributed by atoms with van der Waals surface area (Å²) in [6, 6.07) is 14.4. The van der Waals surface area contributed by atoms with Crippen molar-refractivity contribution in [1.82, 2.24) is 4.90 Å². The van der Waals surface area contributed by atoms with Gasteiger partial charge in [0.1, 0.15) is 0 Å². The molecule has 0 saturated carbocycles. The fourth-order valence-corrected chi connectivity index (χ4v) is 3.15. The molecule has 2 atom stereocenters. The number of carbonyl (C=O) groups is 1. The summed E-state index contributed by atoms with van der Waals surface area (Å²) in [6.07, 6.45) is 2.10. The molecule has 0 unspecified atom stereocenters. The Hall–Kier alpha value is -2.17. The smallest absolute Gasteiger partial charge is 0.246 e. The third kappa shape index (κ3) is 4.02. The van der Waals surface area contributed by atoms with Gasteiger partial charge in [0.2, 0.25) is 5.91 Å². The van der Waals surface area contributed by atoms with Crippen LogP contribution in [0.25, 0.3) is 10.8 Å². The molecular formula is C20H23NO3. The van der Waals surface area contributed by atoms with Crippen LogP contribution in [0, 0.1) is 0 Å². The van der Waals surface area contributed by atoms with Crippen LogP contribution in [0.2, 0.25) is 0 Å². The van der Waals surface area contributed by atoms with Gasteiger partial charge in [0.05, 0.1) is 12.2 Å². The highest BCUT2D eigenvalue weighted by molar-refractivity contribution is 5.87. The van der Waals surface area contributed by atoms with Crippen LogP contribution in [0.1, 0.15) is 18.4 Å². The van der Waals surface area contributed by atoms with E-state index in [9.17, 15) is 9.90 Å². The lowest BCUT2D eigenvalue weighted by Crippen LogP contribution is -2.41. The molecule has 1 aliphatic rings. The monoisotopic (exact) mass is 325 g/mol. The number of ether oxygens (including phenoxy) is 1. The van der Waals surface area contributed by atoms with E-state index in [1.807, 2.05) is 18.2 Å². The Morgan fingerprint density at radius 2 is 2.08 bits per heavy atom. The minimum atomic E-state index is -0.342. The van der Waals surface area contributed by atoms with Gasteiger partial charge in [-0.15, -0.1) is 0 Å². The van der Waals surface area contributed by atoms with Gasteiger partial charge < -0.3 is 14.7 Å². The topological polar surface area (TPSA) is 49.8 Å². The number of benzene rings is 2. The molecule has 0 radical (unpaired) electrons. The molecule has 1 N–H and O–H groups in total. The Labute approximate surface area is 142 Å². The minimum Gasteiger partial charge on any atom is -0.393 e. The molecule has 1 saturated heterocycles. The molecule has 2 aromatic carbocycles. The van der Waals surface area contributed by atoms with Crippen LogP contribution in [-0.2, 0) is 16.1 Å². The van der Waals surface area contributed by atoms with Gasteiger partial charge in [-0.05, 0) is 34.9 Å². The van der Waals surface area contributed by atoms with Crippen molar-refractivity contribution in [2.45, 2.75) is 31.6 Å². The van der Waals surface area contributed by atoms with E-state index < -0.39 is 0 Å². The van der Waals surface area contributed by atoms with E-state index in [-0.39, 0.29) is 18.1 Å². The maximum Gasteiger partial charge on any atom is 0.246 e. The van der Waals surface area contributed by atoms with Crippen LogP contribution in [-0.4, -0.2) is 41.3 Å². The van der Waals surface area contributed by atoms with Crippen LogP contribution in [0.4, 0.5) is 0 Å². The largest absolute Gasteiger partial charge is 0.393 e. The Morgan fingerprint density at radius 3 is 2.83 bits per heavy atom. The molecule has 24 heavy (non-hydrogen) atoms. The third-order valence-electron chi connectivity index (χ3n) is 4.44. The summed E-state index contributed by atoms with van der Waals surface area (Å²) in [5, 5.41) is 12.1. The number of aliphatic hydroxyl groups excluding tert-OH is 1. The molecule has 4 heteroatoms. The number of hydrogen-bond donors (Lipinski definition) is 1. The molecule has 0 spiro atoms. The first-order valence-electron chi connectivity index (χ1n) is 8.34. The van der Waals surface area contributed by atoms with Crippen LogP contribution >= 0.6 is 0 Å². The van der Waals surface area contributed by atoms with E-state index >= 15 is 0 Å². The van der Waals surface area contributed by atoms with Gasteiger partial charge in [0, 0.05) is 26.1 Å². The molecule has 0 aromatic heterocycles. The van der Waals surface area contributed by atoms with Crippen molar-refractivity contribution < 1.29 is 14.6 Å². The SMILES string of the molecule is C=CC(=O)N(Cc1ccc2ccccc2c1)C[C@@H]1C[C@H](O)CCO1. The molecule has 1 fully saturated rings. The number of rotatable bonds is 5. The molecule has 1 heterocycles. The van der Waals surface area contributed by atoms with Crippen LogP contribution < -0.4 is 0 Å². The first-order chi connectivity index (χ1) is 11.7. The number of hydrogen-bond acceptors (Lipinski definition) is 3. The molecule has 0 bridgehead atoms. The van der Waals surface area contributed by atoms with Crippen molar-refractivity contribution in [1.29, 1.82) is 0 Å². The average Bonchev–Trinajstić information content (AvgIpc) is 2.60. The van der Waals surface area contributed by atoms with Crippen molar-refractivity contribution >= 4 is 16.7 Å². The summed E-state index contributed by atoms with van der Waals surface area (Å²) in [5.41, 5.74) is 1.07. The minimum absolute atomic E-state index is 0.119.